The molecule has 3 N–H and O–H groups in total. The van der Waals surface area contributed by atoms with Gasteiger partial charge < -0.3 is 4.74 Å². The zero-order chi connectivity index (χ0) is 9.80. The second-order valence-corrected chi connectivity index (χ2v) is 5.94. The average molecular weight is 232 g/mol. The quantitative estimate of drug-likeness (QED) is 0.561. The van der Waals surface area contributed by atoms with Gasteiger partial charge in [0, 0.05) is 28.9 Å². The minimum Gasteiger partial charge on any atom is -0.501 e. The molecule has 2 heterocycles. The first-order valence-corrected chi connectivity index (χ1v) is 7.08. The molecule has 0 spiro atoms. The second kappa shape index (κ2) is 5.30. The summed E-state index contributed by atoms with van der Waals surface area (Å²) in [5, 5.41) is 0.603. The first kappa shape index (κ1) is 10.7. The molecule has 0 aromatic heterocycles. The van der Waals surface area contributed by atoms with Crippen molar-refractivity contribution < 1.29 is 4.74 Å². The third kappa shape index (κ3) is 2.39. The van der Waals surface area contributed by atoms with Crippen LogP contribution in [0.5, 0.6) is 0 Å². The Labute approximate surface area is 93.2 Å². The average Bonchev–Trinajstić information content (AvgIpc) is 2.74. The highest BCUT2D eigenvalue weighted by Crippen LogP contribution is 2.30. The lowest BCUT2D eigenvalue weighted by Gasteiger charge is -2.29. The summed E-state index contributed by atoms with van der Waals surface area (Å²) in [6, 6.07) is 0.301. The molecule has 0 aliphatic carbocycles. The Balaban J connectivity index is 1.96. The summed E-state index contributed by atoms with van der Waals surface area (Å²) < 4.78 is 5.26. The fourth-order valence-electron chi connectivity index (χ4n) is 1.78. The maximum absolute atomic E-state index is 5.61. The highest BCUT2D eigenvalue weighted by Gasteiger charge is 2.28. The van der Waals surface area contributed by atoms with Crippen molar-refractivity contribution >= 4 is 23.5 Å². The Morgan fingerprint density at radius 3 is 3.07 bits per heavy atom. The summed E-state index contributed by atoms with van der Waals surface area (Å²) in [4.78, 5) is 0. The predicted octanol–water partition coefficient (Wildman–Crippen LogP) is 0.971. The van der Waals surface area contributed by atoms with E-state index in [1.54, 1.807) is 0 Å². The Bertz CT molecular complexity index is 217. The van der Waals surface area contributed by atoms with E-state index in [1.165, 1.54) is 22.8 Å². The number of hydrogen-bond donors (Lipinski definition) is 2. The van der Waals surface area contributed by atoms with Gasteiger partial charge in [-0.25, -0.2) is 0 Å². The smallest absolute Gasteiger partial charge is 0.0912 e. The molecule has 2 rings (SSSR count). The predicted molar refractivity (Wildman–Crippen MR) is 63.3 cm³/mol. The molecular weight excluding hydrogens is 216 g/mol. The molecule has 1 saturated heterocycles. The fraction of sp³-hybridized carbons (Fsp3) is 0.778. The minimum atomic E-state index is 0.301. The van der Waals surface area contributed by atoms with Crippen LogP contribution in [0.15, 0.2) is 11.8 Å². The van der Waals surface area contributed by atoms with Crippen LogP contribution in [0.4, 0.5) is 0 Å². The van der Waals surface area contributed by atoms with E-state index in [-0.39, 0.29) is 0 Å². The zero-order valence-corrected chi connectivity index (χ0v) is 9.70. The van der Waals surface area contributed by atoms with Gasteiger partial charge in [0.05, 0.1) is 18.9 Å². The third-order valence-corrected chi connectivity index (χ3v) is 5.40. The maximum Gasteiger partial charge on any atom is 0.0912 e. The minimum absolute atomic E-state index is 0.301. The SMILES string of the molecule is NNC(C1=COCC1)C1CSCCS1. The maximum atomic E-state index is 5.61. The standard InChI is InChI=1S/C9H16N2OS2/c10-11-9(7-1-2-12-5-7)8-6-13-3-4-14-8/h5,8-9,11H,1-4,6,10H2. The van der Waals surface area contributed by atoms with Gasteiger partial charge in [-0.2, -0.15) is 23.5 Å². The molecule has 14 heavy (non-hydrogen) atoms. The van der Waals surface area contributed by atoms with Crippen molar-refractivity contribution in [1.29, 1.82) is 0 Å². The lowest BCUT2D eigenvalue weighted by molar-refractivity contribution is 0.281. The number of ether oxygens (including phenoxy) is 1. The molecule has 3 nitrogen and oxygen atoms in total. The van der Waals surface area contributed by atoms with Crippen LogP contribution in [0.25, 0.3) is 0 Å². The van der Waals surface area contributed by atoms with Gasteiger partial charge in [-0.1, -0.05) is 0 Å². The molecule has 2 aliphatic heterocycles. The highest BCUT2D eigenvalue weighted by molar-refractivity contribution is 8.06. The van der Waals surface area contributed by atoms with E-state index in [4.69, 9.17) is 10.6 Å². The van der Waals surface area contributed by atoms with Gasteiger partial charge in [0.2, 0.25) is 0 Å². The lowest BCUT2D eigenvalue weighted by Crippen LogP contribution is -2.45. The summed E-state index contributed by atoms with van der Waals surface area (Å²) in [5.41, 5.74) is 4.26. The topological polar surface area (TPSA) is 47.3 Å². The van der Waals surface area contributed by atoms with Crippen molar-refractivity contribution in [3.05, 3.63) is 11.8 Å². The Morgan fingerprint density at radius 1 is 1.57 bits per heavy atom. The molecule has 5 heteroatoms. The van der Waals surface area contributed by atoms with Crippen molar-refractivity contribution in [2.75, 3.05) is 23.9 Å². The molecule has 0 saturated carbocycles. The van der Waals surface area contributed by atoms with E-state index >= 15 is 0 Å². The van der Waals surface area contributed by atoms with Crippen LogP contribution < -0.4 is 11.3 Å². The van der Waals surface area contributed by atoms with E-state index in [9.17, 15) is 0 Å². The van der Waals surface area contributed by atoms with Gasteiger partial charge in [0.1, 0.15) is 0 Å². The molecule has 0 radical (unpaired) electrons. The van der Waals surface area contributed by atoms with Gasteiger partial charge >= 0.3 is 0 Å². The highest BCUT2D eigenvalue weighted by atomic mass is 32.2. The number of nitrogens with two attached hydrogens (primary N) is 1. The molecule has 0 bridgehead atoms. The van der Waals surface area contributed by atoms with Crippen LogP contribution >= 0.6 is 23.5 Å². The molecule has 0 aromatic rings. The monoisotopic (exact) mass is 232 g/mol. The Hall–Kier alpha value is 0.160. The molecule has 0 aromatic carbocycles. The molecule has 1 fully saturated rings. The molecule has 2 unspecified atom stereocenters. The summed E-state index contributed by atoms with van der Waals surface area (Å²) >= 11 is 4.04. The first-order valence-electron chi connectivity index (χ1n) is 4.88. The summed E-state index contributed by atoms with van der Waals surface area (Å²) in [5.74, 6) is 9.32. The van der Waals surface area contributed by atoms with Gasteiger partial charge in [0.25, 0.3) is 0 Å². The van der Waals surface area contributed by atoms with Crippen LogP contribution in [0.2, 0.25) is 0 Å². The van der Waals surface area contributed by atoms with Crippen LogP contribution in [-0.2, 0) is 4.74 Å². The number of hydrazine groups is 1. The van der Waals surface area contributed by atoms with Gasteiger partial charge in [-0.05, 0) is 5.57 Å². The number of thioether (sulfide) groups is 2. The van der Waals surface area contributed by atoms with Crippen molar-refractivity contribution in [2.45, 2.75) is 17.7 Å². The normalized spacial score (nSPS) is 29.5. The zero-order valence-electron chi connectivity index (χ0n) is 8.07. The van der Waals surface area contributed by atoms with E-state index in [2.05, 4.69) is 5.43 Å². The van der Waals surface area contributed by atoms with E-state index in [1.807, 2.05) is 29.8 Å². The fourth-order valence-corrected chi connectivity index (χ4v) is 4.65. The van der Waals surface area contributed by atoms with E-state index in [0.717, 1.165) is 13.0 Å². The van der Waals surface area contributed by atoms with Gasteiger partial charge in [-0.15, -0.1) is 0 Å². The molecular formula is C9H16N2OS2. The number of hydrogen-bond acceptors (Lipinski definition) is 5. The van der Waals surface area contributed by atoms with Crippen LogP contribution in [0.3, 0.4) is 0 Å². The lowest BCUT2D eigenvalue weighted by atomic mass is 10.0. The third-order valence-electron chi connectivity index (χ3n) is 2.54. The molecule has 2 aliphatic rings. The van der Waals surface area contributed by atoms with Crippen LogP contribution in [0, 0.1) is 0 Å². The summed E-state index contributed by atoms with van der Waals surface area (Å²) in [7, 11) is 0. The van der Waals surface area contributed by atoms with E-state index < -0.39 is 0 Å². The Morgan fingerprint density at radius 2 is 2.50 bits per heavy atom. The first-order chi connectivity index (χ1) is 6.92. The molecule has 0 amide bonds. The van der Waals surface area contributed by atoms with Crippen molar-refractivity contribution in [3.63, 3.8) is 0 Å². The van der Waals surface area contributed by atoms with Crippen molar-refractivity contribution in [3.8, 4) is 0 Å². The molecule has 80 valence electrons. The summed E-state index contributed by atoms with van der Waals surface area (Å²) in [6.07, 6.45) is 2.90. The van der Waals surface area contributed by atoms with Gasteiger partial charge in [-0.3, -0.25) is 11.3 Å². The van der Waals surface area contributed by atoms with E-state index in [0.29, 0.717) is 11.3 Å². The number of nitrogens with one attached hydrogen (secondary N) is 1. The number of rotatable bonds is 3. The summed E-state index contributed by atoms with van der Waals surface area (Å²) in [6.45, 7) is 0.818. The van der Waals surface area contributed by atoms with Crippen molar-refractivity contribution in [1.82, 2.24) is 5.43 Å². The molecule has 2 atom stereocenters. The second-order valence-electron chi connectivity index (χ2n) is 3.44. The van der Waals surface area contributed by atoms with Crippen molar-refractivity contribution in [2.24, 2.45) is 5.84 Å². The van der Waals surface area contributed by atoms with Crippen LogP contribution in [-0.4, -0.2) is 35.2 Å². The van der Waals surface area contributed by atoms with Gasteiger partial charge in [0.15, 0.2) is 0 Å². The van der Waals surface area contributed by atoms with Crippen LogP contribution in [0.1, 0.15) is 6.42 Å². The largest absolute Gasteiger partial charge is 0.501 e. The Kier molecular flexibility index (Phi) is 4.04.